The number of ether oxygens (including phenoxy) is 2. The summed E-state index contributed by atoms with van der Waals surface area (Å²) < 4.78 is 34.4. The number of nitrogens with one attached hydrogen (secondary N) is 1. The van der Waals surface area contributed by atoms with Crippen molar-refractivity contribution in [1.29, 1.82) is 0 Å². The molecule has 0 spiro atoms. The molecule has 0 amide bonds. The molecule has 0 bridgehead atoms. The van der Waals surface area contributed by atoms with Crippen LogP contribution in [0.4, 0.5) is 14.5 Å². The molecule has 2 aliphatic rings. The SMILES string of the molecule is CC1CSC(Nc2ccc3c(c2)OC(F)(F)O3)=N1. The molecular weight excluding hydrogens is 262 g/mol. The van der Waals surface area contributed by atoms with Gasteiger partial charge in [0.25, 0.3) is 0 Å². The molecule has 0 saturated heterocycles. The highest BCUT2D eigenvalue weighted by Gasteiger charge is 2.43. The van der Waals surface area contributed by atoms with Crippen LogP contribution in [0.2, 0.25) is 0 Å². The third-order valence-corrected chi connectivity index (χ3v) is 3.58. The summed E-state index contributed by atoms with van der Waals surface area (Å²) in [5.41, 5.74) is 0.649. The number of anilines is 1. The summed E-state index contributed by atoms with van der Waals surface area (Å²) in [5, 5.41) is 3.85. The van der Waals surface area contributed by atoms with Gasteiger partial charge in [0.2, 0.25) is 0 Å². The molecule has 0 fully saturated rings. The molecule has 1 unspecified atom stereocenters. The van der Waals surface area contributed by atoms with Crippen LogP contribution in [-0.4, -0.2) is 23.3 Å². The minimum absolute atomic E-state index is 0.0293. The van der Waals surface area contributed by atoms with E-state index in [1.807, 2.05) is 6.92 Å². The second-order valence-corrected chi connectivity index (χ2v) is 5.06. The van der Waals surface area contributed by atoms with Gasteiger partial charge in [0.1, 0.15) is 0 Å². The number of rotatable bonds is 1. The van der Waals surface area contributed by atoms with Crippen LogP contribution >= 0.6 is 11.8 Å². The lowest BCUT2D eigenvalue weighted by Gasteiger charge is -2.05. The Morgan fingerprint density at radius 2 is 2.17 bits per heavy atom. The molecule has 18 heavy (non-hydrogen) atoms. The maximum Gasteiger partial charge on any atom is 0.586 e. The molecule has 4 nitrogen and oxygen atoms in total. The number of amidine groups is 1. The molecule has 0 aliphatic carbocycles. The fourth-order valence-electron chi connectivity index (χ4n) is 1.69. The third kappa shape index (κ3) is 2.22. The van der Waals surface area contributed by atoms with E-state index in [9.17, 15) is 8.78 Å². The zero-order chi connectivity index (χ0) is 12.8. The summed E-state index contributed by atoms with van der Waals surface area (Å²) in [7, 11) is 0. The monoisotopic (exact) mass is 272 g/mol. The minimum atomic E-state index is -3.57. The third-order valence-electron chi connectivity index (χ3n) is 2.45. The van der Waals surface area contributed by atoms with E-state index in [1.165, 1.54) is 12.1 Å². The summed E-state index contributed by atoms with van der Waals surface area (Å²) in [6.45, 7) is 2.02. The Morgan fingerprint density at radius 3 is 2.89 bits per heavy atom. The Labute approximate surface area is 106 Å². The lowest BCUT2D eigenvalue weighted by molar-refractivity contribution is -0.286. The van der Waals surface area contributed by atoms with Gasteiger partial charge in [-0.25, -0.2) is 0 Å². The van der Waals surface area contributed by atoms with Gasteiger partial charge >= 0.3 is 6.29 Å². The number of alkyl halides is 2. The molecule has 7 heteroatoms. The molecule has 1 aromatic rings. The lowest BCUT2D eigenvalue weighted by Crippen LogP contribution is -2.25. The molecule has 1 atom stereocenters. The Bertz CT molecular complexity index is 522. The van der Waals surface area contributed by atoms with Crippen molar-refractivity contribution in [1.82, 2.24) is 0 Å². The van der Waals surface area contributed by atoms with Crippen LogP contribution in [0.5, 0.6) is 11.5 Å². The Morgan fingerprint density at radius 1 is 1.39 bits per heavy atom. The highest BCUT2D eigenvalue weighted by Crippen LogP contribution is 2.42. The van der Waals surface area contributed by atoms with Gasteiger partial charge in [-0.3, -0.25) is 4.99 Å². The summed E-state index contributed by atoms with van der Waals surface area (Å²) in [6, 6.07) is 4.84. The van der Waals surface area contributed by atoms with Crippen molar-refractivity contribution >= 4 is 22.6 Å². The highest BCUT2D eigenvalue weighted by molar-refractivity contribution is 8.14. The van der Waals surface area contributed by atoms with E-state index < -0.39 is 6.29 Å². The first-order valence-electron chi connectivity index (χ1n) is 5.39. The fourth-order valence-corrected chi connectivity index (χ4v) is 2.61. The van der Waals surface area contributed by atoms with Crippen LogP contribution in [-0.2, 0) is 0 Å². The topological polar surface area (TPSA) is 42.8 Å². The average molecular weight is 272 g/mol. The highest BCUT2D eigenvalue weighted by atomic mass is 32.2. The molecule has 2 aliphatic heterocycles. The van der Waals surface area contributed by atoms with E-state index in [0.29, 0.717) is 5.69 Å². The van der Waals surface area contributed by atoms with Crippen LogP contribution in [0.1, 0.15) is 6.92 Å². The van der Waals surface area contributed by atoms with Gasteiger partial charge in [0.15, 0.2) is 16.7 Å². The Kier molecular flexibility index (Phi) is 2.58. The van der Waals surface area contributed by atoms with E-state index in [2.05, 4.69) is 19.8 Å². The predicted octanol–water partition coefficient (Wildman–Crippen LogP) is 2.91. The minimum Gasteiger partial charge on any atom is -0.395 e. The number of fused-ring (bicyclic) bond motifs is 1. The van der Waals surface area contributed by atoms with Crippen molar-refractivity contribution in [3.05, 3.63) is 18.2 Å². The van der Waals surface area contributed by atoms with Gasteiger partial charge in [-0.15, -0.1) is 8.78 Å². The predicted molar refractivity (Wildman–Crippen MR) is 65.6 cm³/mol. The van der Waals surface area contributed by atoms with Crippen LogP contribution in [0.15, 0.2) is 23.2 Å². The van der Waals surface area contributed by atoms with E-state index in [-0.39, 0.29) is 17.5 Å². The normalized spacial score (nSPS) is 23.9. The average Bonchev–Trinajstić information content (AvgIpc) is 2.80. The number of thioether (sulfide) groups is 1. The van der Waals surface area contributed by atoms with Gasteiger partial charge in [-0.1, -0.05) is 11.8 Å². The molecule has 0 aromatic heterocycles. The van der Waals surface area contributed by atoms with E-state index in [1.54, 1.807) is 17.8 Å². The molecule has 0 saturated carbocycles. The number of hydrogen-bond acceptors (Lipinski definition) is 5. The summed E-state index contributed by atoms with van der Waals surface area (Å²) in [6.07, 6.45) is -3.57. The van der Waals surface area contributed by atoms with Gasteiger partial charge in [-0.05, 0) is 19.1 Å². The fraction of sp³-hybridized carbons (Fsp3) is 0.364. The van der Waals surface area contributed by atoms with Gasteiger partial charge in [0, 0.05) is 17.5 Å². The number of halogens is 2. The lowest BCUT2D eigenvalue weighted by atomic mass is 10.3. The van der Waals surface area contributed by atoms with Gasteiger partial charge < -0.3 is 14.8 Å². The van der Waals surface area contributed by atoms with Crippen LogP contribution in [0, 0.1) is 0 Å². The van der Waals surface area contributed by atoms with Crippen LogP contribution in [0.25, 0.3) is 0 Å². The smallest absolute Gasteiger partial charge is 0.395 e. The molecule has 2 heterocycles. The van der Waals surface area contributed by atoms with Crippen LogP contribution < -0.4 is 14.8 Å². The van der Waals surface area contributed by atoms with Gasteiger partial charge in [0.05, 0.1) is 6.04 Å². The zero-order valence-corrected chi connectivity index (χ0v) is 10.3. The first-order chi connectivity index (χ1) is 8.52. The number of nitrogens with zero attached hydrogens (tertiary/aromatic N) is 1. The first kappa shape index (κ1) is 11.6. The standard InChI is InChI=1S/C11H10F2N2O2S/c1-6-5-18-10(14-6)15-7-2-3-8-9(4-7)17-11(12,13)16-8/h2-4,6H,5H2,1H3,(H,14,15). The van der Waals surface area contributed by atoms with Crippen molar-refractivity contribution in [2.45, 2.75) is 19.3 Å². The van der Waals surface area contributed by atoms with E-state index >= 15 is 0 Å². The van der Waals surface area contributed by atoms with Crippen molar-refractivity contribution < 1.29 is 18.3 Å². The largest absolute Gasteiger partial charge is 0.586 e. The molecule has 0 radical (unpaired) electrons. The van der Waals surface area contributed by atoms with E-state index in [4.69, 9.17) is 0 Å². The zero-order valence-electron chi connectivity index (χ0n) is 9.44. The molecule has 1 N–H and O–H groups in total. The van der Waals surface area contributed by atoms with Gasteiger partial charge in [-0.2, -0.15) is 0 Å². The summed E-state index contributed by atoms with van der Waals surface area (Å²) in [5.74, 6) is 0.992. The molecule has 3 rings (SSSR count). The van der Waals surface area contributed by atoms with Crippen molar-refractivity contribution in [2.24, 2.45) is 4.99 Å². The van der Waals surface area contributed by atoms with Crippen LogP contribution in [0.3, 0.4) is 0 Å². The van der Waals surface area contributed by atoms with E-state index in [0.717, 1.165) is 10.9 Å². The first-order valence-corrected chi connectivity index (χ1v) is 6.38. The number of benzene rings is 1. The maximum absolute atomic E-state index is 12.8. The van der Waals surface area contributed by atoms with Crippen molar-refractivity contribution in [2.75, 3.05) is 11.1 Å². The molecule has 1 aromatic carbocycles. The quantitative estimate of drug-likeness (QED) is 0.853. The summed E-state index contributed by atoms with van der Waals surface area (Å²) >= 11 is 1.60. The number of aliphatic imine (C=N–C) groups is 1. The molecular formula is C11H10F2N2O2S. The molecule has 96 valence electrons. The second-order valence-electron chi connectivity index (χ2n) is 4.05. The van der Waals surface area contributed by atoms with Crippen molar-refractivity contribution in [3.63, 3.8) is 0 Å². The van der Waals surface area contributed by atoms with Crippen molar-refractivity contribution in [3.8, 4) is 11.5 Å². The summed E-state index contributed by atoms with van der Waals surface area (Å²) in [4.78, 5) is 4.35. The second kappa shape index (κ2) is 4.01. The number of hydrogen-bond donors (Lipinski definition) is 1. The Hall–Kier alpha value is -1.50. The maximum atomic E-state index is 12.8. The Balaban J connectivity index is 1.78.